The van der Waals surface area contributed by atoms with E-state index in [0.717, 1.165) is 25.7 Å². The number of hydrogen-bond donors (Lipinski definition) is 0. The van der Waals surface area contributed by atoms with Gasteiger partial charge in [0, 0.05) is 26.2 Å². The average Bonchev–Trinajstić information content (AvgIpc) is 2.21. The van der Waals surface area contributed by atoms with E-state index in [4.69, 9.17) is 9.47 Å². The molecule has 1 heterocycles. The SMILES string of the molecule is CC(C)OCCCCC1CN(CCOC(C)(C)C)C1. The molecule has 0 bridgehead atoms. The van der Waals surface area contributed by atoms with Gasteiger partial charge in [0.2, 0.25) is 0 Å². The molecule has 1 rings (SSSR count). The van der Waals surface area contributed by atoms with Crippen molar-refractivity contribution in [2.75, 3.05) is 32.8 Å². The lowest BCUT2D eigenvalue weighted by Gasteiger charge is -2.39. The zero-order chi connectivity index (χ0) is 14.3. The van der Waals surface area contributed by atoms with Crippen molar-refractivity contribution in [3.05, 3.63) is 0 Å². The molecule has 0 aromatic rings. The van der Waals surface area contributed by atoms with Gasteiger partial charge >= 0.3 is 0 Å². The van der Waals surface area contributed by atoms with Crippen LogP contribution in [-0.2, 0) is 9.47 Å². The van der Waals surface area contributed by atoms with E-state index in [0.29, 0.717) is 6.10 Å². The second-order valence-electron chi connectivity index (χ2n) is 7.00. The minimum Gasteiger partial charge on any atom is -0.379 e. The van der Waals surface area contributed by atoms with Crippen LogP contribution >= 0.6 is 0 Å². The van der Waals surface area contributed by atoms with Gasteiger partial charge in [0.25, 0.3) is 0 Å². The number of rotatable bonds is 9. The topological polar surface area (TPSA) is 21.7 Å². The lowest BCUT2D eigenvalue weighted by molar-refractivity contribution is -0.0286. The van der Waals surface area contributed by atoms with Gasteiger partial charge in [0.1, 0.15) is 0 Å². The van der Waals surface area contributed by atoms with Gasteiger partial charge in [-0.2, -0.15) is 0 Å². The van der Waals surface area contributed by atoms with E-state index in [1.807, 2.05) is 0 Å². The highest BCUT2D eigenvalue weighted by Gasteiger charge is 2.25. The highest BCUT2D eigenvalue weighted by molar-refractivity contribution is 4.79. The Morgan fingerprint density at radius 3 is 2.37 bits per heavy atom. The Bertz CT molecular complexity index is 229. The van der Waals surface area contributed by atoms with Crippen LogP contribution in [0.3, 0.4) is 0 Å². The summed E-state index contributed by atoms with van der Waals surface area (Å²) in [4.78, 5) is 2.50. The molecule has 0 spiro atoms. The third-order valence-corrected chi connectivity index (χ3v) is 3.43. The fraction of sp³-hybridized carbons (Fsp3) is 1.00. The molecule has 0 aliphatic carbocycles. The van der Waals surface area contributed by atoms with Gasteiger partial charge in [-0.05, 0) is 53.4 Å². The number of likely N-dealkylation sites (tertiary alicyclic amines) is 1. The molecule has 0 N–H and O–H groups in total. The van der Waals surface area contributed by atoms with E-state index in [1.165, 1.54) is 32.4 Å². The minimum atomic E-state index is 0.000678. The molecular weight excluding hydrogens is 238 g/mol. The first-order valence-electron chi connectivity index (χ1n) is 7.85. The maximum Gasteiger partial charge on any atom is 0.0600 e. The molecule has 19 heavy (non-hydrogen) atoms. The largest absolute Gasteiger partial charge is 0.379 e. The third-order valence-electron chi connectivity index (χ3n) is 3.43. The first-order chi connectivity index (χ1) is 8.87. The van der Waals surface area contributed by atoms with Crippen LogP contribution in [0, 0.1) is 5.92 Å². The van der Waals surface area contributed by atoms with E-state index in [1.54, 1.807) is 0 Å². The maximum absolute atomic E-state index is 5.75. The predicted octanol–water partition coefficient (Wildman–Crippen LogP) is 3.33. The summed E-state index contributed by atoms with van der Waals surface area (Å²) in [6.45, 7) is 15.9. The summed E-state index contributed by atoms with van der Waals surface area (Å²) in [6, 6.07) is 0. The third kappa shape index (κ3) is 8.61. The number of unbranched alkanes of at least 4 members (excludes halogenated alkanes) is 1. The molecule has 1 aliphatic heterocycles. The van der Waals surface area contributed by atoms with Crippen molar-refractivity contribution < 1.29 is 9.47 Å². The summed E-state index contributed by atoms with van der Waals surface area (Å²) >= 11 is 0. The Labute approximate surface area is 119 Å². The summed E-state index contributed by atoms with van der Waals surface area (Å²) in [6.07, 6.45) is 4.26. The molecule has 1 aliphatic rings. The minimum absolute atomic E-state index is 0.000678. The van der Waals surface area contributed by atoms with Crippen molar-refractivity contribution in [1.29, 1.82) is 0 Å². The molecule has 0 atom stereocenters. The van der Waals surface area contributed by atoms with Crippen molar-refractivity contribution in [2.45, 2.75) is 65.6 Å². The number of ether oxygens (including phenoxy) is 2. The van der Waals surface area contributed by atoms with Gasteiger partial charge in [-0.1, -0.05) is 6.42 Å². The van der Waals surface area contributed by atoms with Gasteiger partial charge in [0.15, 0.2) is 0 Å². The molecule has 1 saturated heterocycles. The summed E-state index contributed by atoms with van der Waals surface area (Å²) in [5.41, 5.74) is 0.000678. The Morgan fingerprint density at radius 1 is 1.11 bits per heavy atom. The van der Waals surface area contributed by atoms with Gasteiger partial charge in [-0.3, -0.25) is 0 Å². The maximum atomic E-state index is 5.75. The Morgan fingerprint density at radius 2 is 1.79 bits per heavy atom. The smallest absolute Gasteiger partial charge is 0.0600 e. The van der Waals surface area contributed by atoms with Crippen molar-refractivity contribution in [3.8, 4) is 0 Å². The lowest BCUT2D eigenvalue weighted by Crippen LogP contribution is -2.48. The van der Waals surface area contributed by atoms with Crippen molar-refractivity contribution in [2.24, 2.45) is 5.92 Å². The van der Waals surface area contributed by atoms with Crippen LogP contribution in [0.4, 0.5) is 0 Å². The van der Waals surface area contributed by atoms with E-state index in [2.05, 4.69) is 39.5 Å². The van der Waals surface area contributed by atoms with Crippen LogP contribution in [0.2, 0.25) is 0 Å². The molecule has 0 aromatic heterocycles. The van der Waals surface area contributed by atoms with Crippen LogP contribution in [0.1, 0.15) is 53.9 Å². The first kappa shape index (κ1) is 16.9. The predicted molar refractivity (Wildman–Crippen MR) is 80.6 cm³/mol. The van der Waals surface area contributed by atoms with E-state index in [-0.39, 0.29) is 5.60 Å². The standard InChI is InChI=1S/C16H33NO2/c1-14(2)18-10-7-6-8-15-12-17(13-15)9-11-19-16(3,4)5/h14-15H,6-13H2,1-5H3. The number of hydrogen-bond acceptors (Lipinski definition) is 3. The van der Waals surface area contributed by atoms with Crippen molar-refractivity contribution in [1.82, 2.24) is 4.90 Å². The lowest BCUT2D eigenvalue weighted by atomic mass is 9.94. The van der Waals surface area contributed by atoms with Crippen LogP contribution in [0.5, 0.6) is 0 Å². The summed E-state index contributed by atoms with van der Waals surface area (Å²) in [5.74, 6) is 0.911. The van der Waals surface area contributed by atoms with Crippen molar-refractivity contribution >= 4 is 0 Å². The molecule has 0 unspecified atom stereocenters. The van der Waals surface area contributed by atoms with Gasteiger partial charge in [0.05, 0.1) is 18.3 Å². The molecule has 0 radical (unpaired) electrons. The Kier molecular flexibility index (Phi) is 7.33. The van der Waals surface area contributed by atoms with Crippen LogP contribution < -0.4 is 0 Å². The summed E-state index contributed by atoms with van der Waals surface area (Å²) < 4.78 is 11.3. The Hall–Kier alpha value is -0.120. The highest BCUT2D eigenvalue weighted by Crippen LogP contribution is 2.21. The fourth-order valence-corrected chi connectivity index (χ4v) is 2.38. The molecule has 114 valence electrons. The molecule has 3 nitrogen and oxygen atoms in total. The van der Waals surface area contributed by atoms with Crippen LogP contribution in [0.15, 0.2) is 0 Å². The van der Waals surface area contributed by atoms with Crippen LogP contribution in [-0.4, -0.2) is 49.5 Å². The summed E-state index contributed by atoms with van der Waals surface area (Å²) in [5, 5.41) is 0. The zero-order valence-electron chi connectivity index (χ0n) is 13.6. The average molecular weight is 271 g/mol. The quantitative estimate of drug-likeness (QED) is 0.600. The van der Waals surface area contributed by atoms with Crippen LogP contribution in [0.25, 0.3) is 0 Å². The molecular formula is C16H33NO2. The second kappa shape index (κ2) is 8.23. The molecule has 1 fully saturated rings. The Balaban J connectivity index is 1.88. The normalized spacial score (nSPS) is 18.0. The van der Waals surface area contributed by atoms with Gasteiger partial charge in [-0.15, -0.1) is 0 Å². The second-order valence-corrected chi connectivity index (χ2v) is 7.00. The molecule has 0 saturated carbocycles. The van der Waals surface area contributed by atoms with Crippen molar-refractivity contribution in [3.63, 3.8) is 0 Å². The van der Waals surface area contributed by atoms with Gasteiger partial charge < -0.3 is 14.4 Å². The molecule has 0 amide bonds. The van der Waals surface area contributed by atoms with E-state index < -0.39 is 0 Å². The molecule has 3 heteroatoms. The highest BCUT2D eigenvalue weighted by atomic mass is 16.5. The summed E-state index contributed by atoms with van der Waals surface area (Å²) in [7, 11) is 0. The van der Waals surface area contributed by atoms with Gasteiger partial charge in [-0.25, -0.2) is 0 Å². The monoisotopic (exact) mass is 271 g/mol. The first-order valence-corrected chi connectivity index (χ1v) is 7.85. The van der Waals surface area contributed by atoms with E-state index in [9.17, 15) is 0 Å². The molecule has 0 aromatic carbocycles. The van der Waals surface area contributed by atoms with E-state index >= 15 is 0 Å². The fourth-order valence-electron chi connectivity index (χ4n) is 2.38. The number of nitrogens with zero attached hydrogens (tertiary/aromatic N) is 1. The zero-order valence-corrected chi connectivity index (χ0v) is 13.6.